The number of rotatable bonds is 3. The van der Waals surface area contributed by atoms with E-state index >= 15 is 0 Å². The van der Waals surface area contributed by atoms with Gasteiger partial charge in [0, 0.05) is 12.7 Å². The predicted molar refractivity (Wildman–Crippen MR) is 102 cm³/mol. The minimum Gasteiger partial charge on any atom is -0.507 e. The van der Waals surface area contributed by atoms with Crippen LogP contribution in [0.25, 0.3) is 0 Å². The number of hydrogen-bond donors (Lipinski definition) is 2. The molecule has 0 aliphatic heterocycles. The first-order chi connectivity index (χ1) is 11.0. The first-order valence-electron chi connectivity index (χ1n) is 8.21. The lowest BCUT2D eigenvalue weighted by Crippen LogP contribution is -2.18. The third-order valence-corrected chi connectivity index (χ3v) is 4.33. The maximum atomic E-state index is 10.8. The van der Waals surface area contributed by atoms with Crippen molar-refractivity contribution in [3.63, 3.8) is 0 Å². The molecule has 0 aliphatic carbocycles. The Balaban J connectivity index is 2.41. The second kappa shape index (κ2) is 6.64. The van der Waals surface area contributed by atoms with Crippen LogP contribution < -0.4 is 5.32 Å². The zero-order valence-electron chi connectivity index (χ0n) is 15.4. The third-order valence-electron chi connectivity index (χ3n) is 4.03. The number of pyridine rings is 1. The van der Waals surface area contributed by atoms with Crippen molar-refractivity contribution >= 4 is 17.3 Å². The summed E-state index contributed by atoms with van der Waals surface area (Å²) in [5.41, 5.74) is 3.58. The molecule has 130 valence electrons. The number of benzene rings is 1. The number of hydrogen-bond acceptors (Lipinski definition) is 3. The standard InChI is InChI=1S/C20H27ClN2O/c1-19(2,3)14-10-13(11-15(17(14)24)20(4,5)6)12-23-16-8-7-9-22-18(16)21/h7-11,23-24H,12H2,1-6H3. The van der Waals surface area contributed by atoms with E-state index in [0.29, 0.717) is 17.4 Å². The van der Waals surface area contributed by atoms with E-state index in [0.717, 1.165) is 22.4 Å². The highest BCUT2D eigenvalue weighted by Gasteiger charge is 2.26. The van der Waals surface area contributed by atoms with Crippen molar-refractivity contribution in [1.29, 1.82) is 0 Å². The zero-order chi connectivity index (χ0) is 18.1. The molecule has 3 nitrogen and oxygen atoms in total. The molecule has 2 N–H and O–H groups in total. The van der Waals surface area contributed by atoms with Gasteiger partial charge in [-0.25, -0.2) is 4.98 Å². The Morgan fingerprint density at radius 1 is 1.04 bits per heavy atom. The first-order valence-corrected chi connectivity index (χ1v) is 8.59. The van der Waals surface area contributed by atoms with E-state index in [1.165, 1.54) is 0 Å². The number of aromatic hydroxyl groups is 1. The molecule has 2 aromatic rings. The van der Waals surface area contributed by atoms with Crippen LogP contribution in [0, 0.1) is 0 Å². The number of halogens is 1. The molecular weight excluding hydrogens is 320 g/mol. The Bertz CT molecular complexity index is 692. The van der Waals surface area contributed by atoms with Crippen LogP contribution in [0.2, 0.25) is 5.15 Å². The molecule has 24 heavy (non-hydrogen) atoms. The minimum absolute atomic E-state index is 0.133. The van der Waals surface area contributed by atoms with Crippen LogP contribution in [0.3, 0.4) is 0 Å². The summed E-state index contributed by atoms with van der Waals surface area (Å²) < 4.78 is 0. The van der Waals surface area contributed by atoms with E-state index in [1.807, 2.05) is 12.1 Å². The molecule has 0 atom stereocenters. The van der Waals surface area contributed by atoms with Crippen molar-refractivity contribution < 1.29 is 5.11 Å². The molecule has 0 bridgehead atoms. The van der Waals surface area contributed by atoms with Crippen LogP contribution in [0.1, 0.15) is 58.2 Å². The summed E-state index contributed by atoms with van der Waals surface area (Å²) in [4.78, 5) is 4.08. The molecular formula is C20H27ClN2O. The number of nitrogens with one attached hydrogen (secondary N) is 1. The first kappa shape index (κ1) is 18.6. The Kier molecular flexibility index (Phi) is 5.14. The molecule has 2 rings (SSSR count). The number of phenolic OH excluding ortho intramolecular Hbond substituents is 1. The zero-order valence-corrected chi connectivity index (χ0v) is 16.1. The van der Waals surface area contributed by atoms with Crippen LogP contribution in [-0.4, -0.2) is 10.1 Å². The predicted octanol–water partition coefficient (Wildman–Crippen LogP) is 5.65. The van der Waals surface area contributed by atoms with E-state index in [2.05, 4.69) is 64.0 Å². The van der Waals surface area contributed by atoms with Gasteiger partial charge in [-0.2, -0.15) is 0 Å². The van der Waals surface area contributed by atoms with Gasteiger partial charge in [0.05, 0.1) is 5.69 Å². The van der Waals surface area contributed by atoms with Gasteiger partial charge in [-0.1, -0.05) is 53.1 Å². The van der Waals surface area contributed by atoms with Gasteiger partial charge in [0.25, 0.3) is 0 Å². The van der Waals surface area contributed by atoms with Crippen molar-refractivity contribution in [2.75, 3.05) is 5.32 Å². The molecule has 1 aromatic carbocycles. The Labute approximate surface area is 150 Å². The number of anilines is 1. The second-order valence-corrected chi connectivity index (χ2v) is 8.59. The van der Waals surface area contributed by atoms with E-state index in [-0.39, 0.29) is 10.8 Å². The van der Waals surface area contributed by atoms with Crippen molar-refractivity contribution in [1.82, 2.24) is 4.98 Å². The van der Waals surface area contributed by atoms with Crippen molar-refractivity contribution in [2.45, 2.75) is 58.9 Å². The lowest BCUT2D eigenvalue weighted by Gasteiger charge is -2.28. The highest BCUT2D eigenvalue weighted by Crippen LogP contribution is 2.39. The summed E-state index contributed by atoms with van der Waals surface area (Å²) in [6.07, 6.45) is 1.67. The van der Waals surface area contributed by atoms with Gasteiger partial charge in [0.2, 0.25) is 0 Å². The normalized spacial score (nSPS) is 12.3. The average Bonchev–Trinajstić information content (AvgIpc) is 2.45. The smallest absolute Gasteiger partial charge is 0.152 e. The fourth-order valence-corrected chi connectivity index (χ4v) is 2.84. The molecule has 0 amide bonds. The van der Waals surface area contributed by atoms with Gasteiger partial charge in [-0.05, 0) is 51.8 Å². The fraction of sp³-hybridized carbons (Fsp3) is 0.450. The summed E-state index contributed by atoms with van der Waals surface area (Å²) >= 11 is 6.11. The summed E-state index contributed by atoms with van der Waals surface area (Å²) in [5, 5.41) is 14.6. The number of nitrogens with zero attached hydrogens (tertiary/aromatic N) is 1. The maximum Gasteiger partial charge on any atom is 0.152 e. The topological polar surface area (TPSA) is 45.2 Å². The minimum atomic E-state index is -0.133. The monoisotopic (exact) mass is 346 g/mol. The quantitative estimate of drug-likeness (QED) is 0.706. The van der Waals surface area contributed by atoms with Gasteiger partial charge in [0.15, 0.2) is 5.15 Å². The van der Waals surface area contributed by atoms with E-state index in [1.54, 1.807) is 6.20 Å². The van der Waals surface area contributed by atoms with Crippen LogP contribution in [0.5, 0.6) is 5.75 Å². The average molecular weight is 347 g/mol. The lowest BCUT2D eigenvalue weighted by molar-refractivity contribution is 0.423. The molecule has 1 heterocycles. The molecule has 0 unspecified atom stereocenters. The molecule has 0 saturated carbocycles. The van der Waals surface area contributed by atoms with Gasteiger partial charge in [0.1, 0.15) is 5.75 Å². The second-order valence-electron chi connectivity index (χ2n) is 8.23. The highest BCUT2D eigenvalue weighted by atomic mass is 35.5. The fourth-order valence-electron chi connectivity index (χ4n) is 2.65. The van der Waals surface area contributed by atoms with Crippen LogP contribution in [0.15, 0.2) is 30.5 Å². The Morgan fingerprint density at radius 3 is 2.04 bits per heavy atom. The van der Waals surface area contributed by atoms with Gasteiger partial charge in [-0.3, -0.25) is 0 Å². The van der Waals surface area contributed by atoms with E-state index < -0.39 is 0 Å². The summed E-state index contributed by atoms with van der Waals surface area (Å²) in [6, 6.07) is 7.90. The maximum absolute atomic E-state index is 10.8. The molecule has 0 spiro atoms. The van der Waals surface area contributed by atoms with Crippen LogP contribution >= 0.6 is 11.6 Å². The molecule has 0 saturated heterocycles. The van der Waals surface area contributed by atoms with E-state index in [9.17, 15) is 5.11 Å². The Morgan fingerprint density at radius 2 is 1.58 bits per heavy atom. The van der Waals surface area contributed by atoms with Crippen LogP contribution in [-0.2, 0) is 17.4 Å². The summed E-state index contributed by atoms with van der Waals surface area (Å²) in [7, 11) is 0. The number of aromatic nitrogens is 1. The molecule has 0 aliphatic rings. The lowest BCUT2D eigenvalue weighted by atomic mass is 9.78. The van der Waals surface area contributed by atoms with Crippen molar-refractivity contribution in [3.8, 4) is 5.75 Å². The van der Waals surface area contributed by atoms with Crippen LogP contribution in [0.4, 0.5) is 5.69 Å². The molecule has 0 fully saturated rings. The van der Waals surface area contributed by atoms with Gasteiger partial charge < -0.3 is 10.4 Å². The van der Waals surface area contributed by atoms with Gasteiger partial charge >= 0.3 is 0 Å². The third kappa shape index (κ3) is 4.21. The largest absolute Gasteiger partial charge is 0.507 e. The summed E-state index contributed by atoms with van der Waals surface area (Å²) in [5.74, 6) is 0.401. The van der Waals surface area contributed by atoms with E-state index in [4.69, 9.17) is 11.6 Å². The highest BCUT2D eigenvalue weighted by molar-refractivity contribution is 6.31. The molecule has 1 aromatic heterocycles. The van der Waals surface area contributed by atoms with Gasteiger partial charge in [-0.15, -0.1) is 0 Å². The number of phenols is 1. The molecule has 4 heteroatoms. The summed E-state index contributed by atoms with van der Waals surface area (Å²) in [6.45, 7) is 13.3. The Hall–Kier alpha value is -1.74. The van der Waals surface area contributed by atoms with Crippen molar-refractivity contribution in [3.05, 3.63) is 52.3 Å². The molecule has 0 radical (unpaired) electrons. The SMILES string of the molecule is CC(C)(C)c1cc(CNc2cccnc2Cl)cc(C(C)(C)C)c1O. The van der Waals surface area contributed by atoms with Crippen molar-refractivity contribution in [2.24, 2.45) is 0 Å².